The number of hydrogen-bond donors (Lipinski definition) is 1. The predicted octanol–water partition coefficient (Wildman–Crippen LogP) is 3.75. The second-order valence-corrected chi connectivity index (χ2v) is 8.45. The Labute approximate surface area is 158 Å². The Bertz CT molecular complexity index is 613. The summed E-state index contributed by atoms with van der Waals surface area (Å²) < 4.78 is 6.24. The number of alkyl carbamates (subject to hydrolysis) is 1. The lowest BCUT2D eigenvalue weighted by Crippen LogP contribution is -2.44. The Hall–Kier alpha value is -1.56. The SMILES string of the molecule is CC(C)(C)OC(=O)NCC1CCCN(C(=O)Cc2cccc(Br)c2)C1. The average molecular weight is 411 g/mol. The van der Waals surface area contributed by atoms with Crippen molar-refractivity contribution in [2.24, 2.45) is 5.92 Å². The van der Waals surface area contributed by atoms with Crippen LogP contribution in [-0.4, -0.2) is 42.1 Å². The highest BCUT2D eigenvalue weighted by atomic mass is 79.9. The van der Waals surface area contributed by atoms with Crippen molar-refractivity contribution < 1.29 is 14.3 Å². The van der Waals surface area contributed by atoms with Gasteiger partial charge in [-0.2, -0.15) is 0 Å². The van der Waals surface area contributed by atoms with Gasteiger partial charge < -0.3 is 15.0 Å². The van der Waals surface area contributed by atoms with Crippen LogP contribution in [0.2, 0.25) is 0 Å². The summed E-state index contributed by atoms with van der Waals surface area (Å²) in [5.41, 5.74) is 0.510. The van der Waals surface area contributed by atoms with Crippen LogP contribution in [0.15, 0.2) is 28.7 Å². The van der Waals surface area contributed by atoms with E-state index >= 15 is 0 Å². The van der Waals surface area contributed by atoms with Gasteiger partial charge in [-0.1, -0.05) is 28.1 Å². The van der Waals surface area contributed by atoms with Crippen LogP contribution >= 0.6 is 15.9 Å². The molecule has 1 aliphatic heterocycles. The minimum atomic E-state index is -0.497. The van der Waals surface area contributed by atoms with Gasteiger partial charge >= 0.3 is 6.09 Å². The van der Waals surface area contributed by atoms with Gasteiger partial charge in [-0.3, -0.25) is 4.79 Å². The number of halogens is 1. The lowest BCUT2D eigenvalue weighted by molar-refractivity contribution is -0.132. The van der Waals surface area contributed by atoms with Crippen LogP contribution in [0.5, 0.6) is 0 Å². The van der Waals surface area contributed by atoms with Gasteiger partial charge in [-0.15, -0.1) is 0 Å². The third-order valence-corrected chi connectivity index (χ3v) is 4.54. The number of benzene rings is 1. The standard InChI is InChI=1S/C19H27BrN2O3/c1-19(2,3)25-18(24)21-12-15-7-5-9-22(13-15)17(23)11-14-6-4-8-16(20)10-14/h4,6,8,10,15H,5,7,9,11-13H2,1-3H3,(H,21,24). The summed E-state index contributed by atoms with van der Waals surface area (Å²) in [4.78, 5) is 26.2. The van der Waals surface area contributed by atoms with Crippen molar-refractivity contribution in [3.05, 3.63) is 34.3 Å². The topological polar surface area (TPSA) is 58.6 Å². The molecule has 1 unspecified atom stereocenters. The Morgan fingerprint density at radius 3 is 2.80 bits per heavy atom. The normalized spacial score (nSPS) is 17.9. The van der Waals surface area contributed by atoms with E-state index in [1.807, 2.05) is 49.9 Å². The first kappa shape index (κ1) is 19.8. The zero-order valence-corrected chi connectivity index (χ0v) is 16.8. The summed E-state index contributed by atoms with van der Waals surface area (Å²) in [6.45, 7) is 7.54. The molecule has 25 heavy (non-hydrogen) atoms. The van der Waals surface area contributed by atoms with Gasteiger partial charge in [0.25, 0.3) is 0 Å². The Kier molecular flexibility index (Phi) is 6.87. The van der Waals surface area contributed by atoms with Crippen LogP contribution in [0.3, 0.4) is 0 Å². The summed E-state index contributed by atoms with van der Waals surface area (Å²) >= 11 is 3.44. The Balaban J connectivity index is 1.81. The number of rotatable bonds is 4. The molecule has 138 valence electrons. The minimum Gasteiger partial charge on any atom is -0.444 e. The number of hydrogen-bond acceptors (Lipinski definition) is 3. The van der Waals surface area contributed by atoms with Gasteiger partial charge in [-0.25, -0.2) is 4.79 Å². The molecule has 1 aromatic rings. The summed E-state index contributed by atoms with van der Waals surface area (Å²) in [5, 5.41) is 2.82. The maximum atomic E-state index is 12.5. The zero-order chi connectivity index (χ0) is 18.4. The van der Waals surface area contributed by atoms with Gasteiger partial charge in [0, 0.05) is 24.1 Å². The minimum absolute atomic E-state index is 0.139. The monoisotopic (exact) mass is 410 g/mol. The second kappa shape index (κ2) is 8.70. The molecule has 6 heteroatoms. The predicted molar refractivity (Wildman–Crippen MR) is 101 cm³/mol. The lowest BCUT2D eigenvalue weighted by atomic mass is 9.97. The molecule has 0 aliphatic carbocycles. The van der Waals surface area contributed by atoms with Gasteiger partial charge in [0.1, 0.15) is 5.60 Å². The average Bonchev–Trinajstić information content (AvgIpc) is 2.51. The van der Waals surface area contributed by atoms with Crippen LogP contribution in [0.25, 0.3) is 0 Å². The van der Waals surface area contributed by atoms with Gasteiger partial charge in [0.2, 0.25) is 5.91 Å². The first-order chi connectivity index (χ1) is 11.7. The summed E-state index contributed by atoms with van der Waals surface area (Å²) in [6.07, 6.45) is 1.98. The first-order valence-electron chi connectivity index (χ1n) is 8.72. The highest BCUT2D eigenvalue weighted by molar-refractivity contribution is 9.10. The molecule has 2 rings (SSSR count). The molecule has 0 spiro atoms. The molecule has 1 fully saturated rings. The number of nitrogens with zero attached hydrogens (tertiary/aromatic N) is 1. The molecule has 1 aromatic carbocycles. The van der Waals surface area contributed by atoms with Crippen molar-refractivity contribution in [2.75, 3.05) is 19.6 Å². The summed E-state index contributed by atoms with van der Waals surface area (Å²) in [6, 6.07) is 7.83. The summed E-state index contributed by atoms with van der Waals surface area (Å²) in [7, 11) is 0. The number of carbonyl (C=O) groups excluding carboxylic acids is 2. The van der Waals surface area contributed by atoms with Crippen molar-refractivity contribution in [3.8, 4) is 0 Å². The van der Waals surface area contributed by atoms with E-state index in [0.717, 1.165) is 29.4 Å². The van der Waals surface area contributed by atoms with Crippen molar-refractivity contribution in [1.82, 2.24) is 10.2 Å². The number of carbonyl (C=O) groups is 2. The maximum absolute atomic E-state index is 12.5. The van der Waals surface area contributed by atoms with E-state index in [4.69, 9.17) is 4.74 Å². The Morgan fingerprint density at radius 1 is 1.36 bits per heavy atom. The molecule has 0 saturated carbocycles. The molecule has 0 bridgehead atoms. The van der Waals surface area contributed by atoms with E-state index in [2.05, 4.69) is 21.2 Å². The lowest BCUT2D eigenvalue weighted by Gasteiger charge is -2.33. The third-order valence-electron chi connectivity index (χ3n) is 4.05. The Morgan fingerprint density at radius 2 is 2.12 bits per heavy atom. The van der Waals surface area contributed by atoms with E-state index in [9.17, 15) is 9.59 Å². The van der Waals surface area contributed by atoms with Crippen molar-refractivity contribution in [1.29, 1.82) is 0 Å². The van der Waals surface area contributed by atoms with Gasteiger partial charge in [0.15, 0.2) is 0 Å². The van der Waals surface area contributed by atoms with Crippen LogP contribution in [0.4, 0.5) is 4.79 Å². The van der Waals surface area contributed by atoms with E-state index in [0.29, 0.717) is 19.5 Å². The maximum Gasteiger partial charge on any atom is 0.407 e. The molecule has 0 aromatic heterocycles. The number of amides is 2. The van der Waals surface area contributed by atoms with E-state index in [-0.39, 0.29) is 11.8 Å². The summed E-state index contributed by atoms with van der Waals surface area (Å²) in [5.74, 6) is 0.410. The fraction of sp³-hybridized carbons (Fsp3) is 0.579. The molecular weight excluding hydrogens is 384 g/mol. The van der Waals surface area contributed by atoms with Gasteiger partial charge in [-0.05, 0) is 57.2 Å². The van der Waals surface area contributed by atoms with Crippen LogP contribution in [-0.2, 0) is 16.0 Å². The van der Waals surface area contributed by atoms with Crippen molar-refractivity contribution in [2.45, 2.75) is 45.6 Å². The number of likely N-dealkylation sites (tertiary alicyclic amines) is 1. The van der Waals surface area contributed by atoms with Crippen LogP contribution in [0, 0.1) is 5.92 Å². The molecular formula is C19H27BrN2O3. The smallest absolute Gasteiger partial charge is 0.407 e. The molecule has 1 atom stereocenters. The third kappa shape index (κ3) is 7.06. The zero-order valence-electron chi connectivity index (χ0n) is 15.2. The molecule has 1 heterocycles. The molecule has 1 aliphatic rings. The van der Waals surface area contributed by atoms with E-state index < -0.39 is 11.7 Å². The molecule has 1 saturated heterocycles. The molecule has 1 N–H and O–H groups in total. The van der Waals surface area contributed by atoms with Crippen molar-refractivity contribution in [3.63, 3.8) is 0 Å². The number of ether oxygens (including phenoxy) is 1. The van der Waals surface area contributed by atoms with E-state index in [1.54, 1.807) is 0 Å². The van der Waals surface area contributed by atoms with Gasteiger partial charge in [0.05, 0.1) is 6.42 Å². The highest BCUT2D eigenvalue weighted by Gasteiger charge is 2.25. The van der Waals surface area contributed by atoms with Crippen LogP contribution < -0.4 is 5.32 Å². The molecule has 2 amide bonds. The largest absolute Gasteiger partial charge is 0.444 e. The van der Waals surface area contributed by atoms with E-state index in [1.165, 1.54) is 0 Å². The first-order valence-corrected chi connectivity index (χ1v) is 9.51. The van der Waals surface area contributed by atoms with Crippen molar-refractivity contribution >= 4 is 27.9 Å². The second-order valence-electron chi connectivity index (χ2n) is 7.54. The quantitative estimate of drug-likeness (QED) is 0.821. The highest BCUT2D eigenvalue weighted by Crippen LogP contribution is 2.18. The fourth-order valence-corrected chi connectivity index (χ4v) is 3.38. The number of nitrogens with one attached hydrogen (secondary N) is 1. The number of piperidine rings is 1. The fourth-order valence-electron chi connectivity index (χ4n) is 2.93. The molecule has 5 nitrogen and oxygen atoms in total. The molecule has 0 radical (unpaired) electrons. The van der Waals surface area contributed by atoms with Crippen LogP contribution in [0.1, 0.15) is 39.2 Å².